The minimum absolute atomic E-state index is 0.280. The summed E-state index contributed by atoms with van der Waals surface area (Å²) in [5.74, 6) is 0.553. The molecule has 0 atom stereocenters. The van der Waals surface area contributed by atoms with Gasteiger partial charge in [0, 0.05) is 49.7 Å². The Labute approximate surface area is 254 Å². The van der Waals surface area contributed by atoms with E-state index in [0.717, 1.165) is 60.8 Å². The van der Waals surface area contributed by atoms with Gasteiger partial charge in [0.15, 0.2) is 0 Å². The maximum absolute atomic E-state index is 12.0. The van der Waals surface area contributed by atoms with Gasteiger partial charge in [0.05, 0.1) is 23.4 Å². The van der Waals surface area contributed by atoms with Crippen molar-refractivity contribution in [1.82, 2.24) is 29.7 Å². The lowest BCUT2D eigenvalue weighted by Gasteiger charge is -2.33. The molecule has 1 amide bonds. The number of piperidine rings is 1. The van der Waals surface area contributed by atoms with Crippen molar-refractivity contribution in [2.45, 2.75) is 66.0 Å². The van der Waals surface area contributed by atoms with Crippen molar-refractivity contribution in [2.24, 2.45) is 0 Å². The SMILES string of the molecule is Cc1ccc(-c2ncn(C3CCN(CCNC(=O)OC(C)(C)C)CC3)c2-c2ccnc(Nc3cc(C)cc(C)c3)n2)cc1. The number of likely N-dealkylation sites (tertiary alicyclic amines) is 1. The van der Waals surface area contributed by atoms with E-state index in [4.69, 9.17) is 14.7 Å². The van der Waals surface area contributed by atoms with Crippen LogP contribution < -0.4 is 10.6 Å². The summed E-state index contributed by atoms with van der Waals surface area (Å²) >= 11 is 0. The number of hydrogen-bond acceptors (Lipinski definition) is 7. The summed E-state index contributed by atoms with van der Waals surface area (Å²) in [6, 6.07) is 17.1. The Kier molecular flexibility index (Phi) is 9.11. The molecular weight excluding hydrogens is 538 g/mol. The number of aromatic nitrogens is 4. The number of nitrogens with one attached hydrogen (secondary N) is 2. The van der Waals surface area contributed by atoms with Crippen LogP contribution >= 0.6 is 0 Å². The molecule has 0 bridgehead atoms. The summed E-state index contributed by atoms with van der Waals surface area (Å²) in [4.78, 5) is 28.9. The molecule has 9 heteroatoms. The predicted molar refractivity (Wildman–Crippen MR) is 172 cm³/mol. The minimum Gasteiger partial charge on any atom is -0.444 e. The number of hydrogen-bond donors (Lipinski definition) is 2. The first-order valence-electron chi connectivity index (χ1n) is 15.1. The van der Waals surface area contributed by atoms with Crippen LogP contribution in [-0.2, 0) is 4.74 Å². The van der Waals surface area contributed by atoms with E-state index in [2.05, 4.69) is 88.3 Å². The van der Waals surface area contributed by atoms with Crippen molar-refractivity contribution in [1.29, 1.82) is 0 Å². The first-order valence-corrected chi connectivity index (χ1v) is 15.1. The van der Waals surface area contributed by atoms with Crippen molar-refractivity contribution in [3.8, 4) is 22.6 Å². The van der Waals surface area contributed by atoms with Gasteiger partial charge in [-0.2, -0.15) is 0 Å². The van der Waals surface area contributed by atoms with Crippen LogP contribution in [0.4, 0.5) is 16.4 Å². The molecule has 2 N–H and O–H groups in total. The molecule has 0 unspecified atom stereocenters. The summed E-state index contributed by atoms with van der Waals surface area (Å²) in [6.45, 7) is 15.1. The molecule has 0 spiro atoms. The van der Waals surface area contributed by atoms with Crippen molar-refractivity contribution in [3.63, 3.8) is 0 Å². The lowest BCUT2D eigenvalue weighted by atomic mass is 10.0. The summed E-state index contributed by atoms with van der Waals surface area (Å²) in [5, 5.41) is 6.28. The minimum atomic E-state index is -0.498. The third-order valence-electron chi connectivity index (χ3n) is 7.54. The number of anilines is 2. The lowest BCUT2D eigenvalue weighted by molar-refractivity contribution is 0.0519. The molecule has 0 radical (unpaired) electrons. The molecule has 43 heavy (non-hydrogen) atoms. The number of benzene rings is 2. The van der Waals surface area contributed by atoms with E-state index in [1.54, 1.807) is 0 Å². The fraction of sp³-hybridized carbons (Fsp3) is 0.412. The molecule has 1 saturated heterocycles. The maximum Gasteiger partial charge on any atom is 0.407 e. The summed E-state index contributed by atoms with van der Waals surface area (Å²) in [5.41, 5.74) is 7.86. The van der Waals surface area contributed by atoms with Crippen LogP contribution in [0.15, 0.2) is 61.1 Å². The van der Waals surface area contributed by atoms with E-state index in [0.29, 0.717) is 12.5 Å². The van der Waals surface area contributed by atoms with E-state index in [1.807, 2.05) is 39.4 Å². The highest BCUT2D eigenvalue weighted by Gasteiger charge is 2.26. The molecule has 1 fully saturated rings. The van der Waals surface area contributed by atoms with Gasteiger partial charge in [-0.3, -0.25) is 0 Å². The highest BCUT2D eigenvalue weighted by Crippen LogP contribution is 2.35. The second-order valence-corrected chi connectivity index (χ2v) is 12.5. The number of ether oxygens (including phenoxy) is 1. The zero-order valence-electron chi connectivity index (χ0n) is 26.1. The van der Waals surface area contributed by atoms with Gasteiger partial charge in [-0.05, 0) is 83.7 Å². The number of carbonyl (C=O) groups excluding carboxylic acids is 1. The largest absolute Gasteiger partial charge is 0.444 e. The average Bonchev–Trinajstić information content (AvgIpc) is 3.38. The van der Waals surface area contributed by atoms with Gasteiger partial charge in [0.1, 0.15) is 5.60 Å². The molecule has 2 aromatic carbocycles. The van der Waals surface area contributed by atoms with E-state index in [-0.39, 0.29) is 12.1 Å². The summed E-state index contributed by atoms with van der Waals surface area (Å²) in [6.07, 6.45) is 5.35. The Morgan fingerprint density at radius 1 is 0.953 bits per heavy atom. The first-order chi connectivity index (χ1) is 20.5. The van der Waals surface area contributed by atoms with E-state index in [9.17, 15) is 4.79 Å². The molecular formula is C34H43N7O2. The number of rotatable bonds is 8. The van der Waals surface area contributed by atoms with Gasteiger partial charge in [0.25, 0.3) is 0 Å². The zero-order chi connectivity index (χ0) is 30.6. The first kappa shape index (κ1) is 30.2. The van der Waals surface area contributed by atoms with Crippen LogP contribution in [0.1, 0.15) is 56.3 Å². The van der Waals surface area contributed by atoms with Crippen LogP contribution in [-0.4, -0.2) is 62.3 Å². The molecule has 0 saturated carbocycles. The highest BCUT2D eigenvalue weighted by atomic mass is 16.6. The van der Waals surface area contributed by atoms with Crippen LogP contribution in [0.3, 0.4) is 0 Å². The molecule has 9 nitrogen and oxygen atoms in total. The number of aryl methyl sites for hydroxylation is 3. The fourth-order valence-electron chi connectivity index (χ4n) is 5.59. The monoisotopic (exact) mass is 581 g/mol. The molecule has 3 heterocycles. The van der Waals surface area contributed by atoms with Crippen LogP contribution in [0, 0.1) is 20.8 Å². The second kappa shape index (κ2) is 13.0. The molecule has 2 aromatic heterocycles. The molecule has 1 aliphatic rings. The topological polar surface area (TPSA) is 97.2 Å². The van der Waals surface area contributed by atoms with Crippen LogP contribution in [0.5, 0.6) is 0 Å². The summed E-state index contributed by atoms with van der Waals surface area (Å²) in [7, 11) is 0. The Morgan fingerprint density at radius 3 is 2.33 bits per heavy atom. The zero-order valence-corrected chi connectivity index (χ0v) is 26.1. The Hall–Kier alpha value is -4.24. The third kappa shape index (κ3) is 7.99. The van der Waals surface area contributed by atoms with Crippen LogP contribution in [0.25, 0.3) is 22.6 Å². The van der Waals surface area contributed by atoms with Crippen molar-refractivity contribution >= 4 is 17.7 Å². The number of nitrogens with zero attached hydrogens (tertiary/aromatic N) is 5. The fourth-order valence-corrected chi connectivity index (χ4v) is 5.59. The van der Waals surface area contributed by atoms with Gasteiger partial charge < -0.3 is 24.8 Å². The Balaban J connectivity index is 1.35. The normalized spacial score (nSPS) is 14.5. The summed E-state index contributed by atoms with van der Waals surface area (Å²) < 4.78 is 7.66. The highest BCUT2D eigenvalue weighted by molar-refractivity contribution is 5.77. The smallest absolute Gasteiger partial charge is 0.407 e. The van der Waals surface area contributed by atoms with Crippen LogP contribution in [0.2, 0.25) is 0 Å². The van der Waals surface area contributed by atoms with E-state index >= 15 is 0 Å². The van der Waals surface area contributed by atoms with Gasteiger partial charge >= 0.3 is 6.09 Å². The van der Waals surface area contributed by atoms with Gasteiger partial charge in [0.2, 0.25) is 5.95 Å². The lowest BCUT2D eigenvalue weighted by Crippen LogP contribution is -2.41. The van der Waals surface area contributed by atoms with Gasteiger partial charge in [-0.15, -0.1) is 0 Å². The Morgan fingerprint density at radius 2 is 1.65 bits per heavy atom. The van der Waals surface area contributed by atoms with Gasteiger partial charge in [-0.25, -0.2) is 19.7 Å². The standard InChI is InChI=1S/C34H43N7O2/c1-23-7-9-26(10-8-23)30-31(29-11-14-35-32(39-29)38-27-20-24(2)19-25(3)21-27)41(22-37-30)28-12-16-40(17-13-28)18-15-36-33(42)43-34(4,5)6/h7-11,14,19-22,28H,12-13,15-18H2,1-6H3,(H,36,42)(H,35,38,39). The molecule has 1 aliphatic heterocycles. The Bertz CT molecular complexity index is 1530. The molecule has 226 valence electrons. The van der Waals surface area contributed by atoms with Crippen molar-refractivity contribution in [2.75, 3.05) is 31.5 Å². The second-order valence-electron chi connectivity index (χ2n) is 12.5. The molecule has 4 aromatic rings. The number of imidazole rings is 1. The third-order valence-corrected chi connectivity index (χ3v) is 7.54. The van der Waals surface area contributed by atoms with Crippen molar-refractivity contribution in [3.05, 3.63) is 77.7 Å². The van der Waals surface area contributed by atoms with Gasteiger partial charge in [-0.1, -0.05) is 35.9 Å². The average molecular weight is 582 g/mol. The number of carbonyl (C=O) groups is 1. The molecule has 5 rings (SSSR count). The van der Waals surface area contributed by atoms with E-state index < -0.39 is 5.60 Å². The quantitative estimate of drug-likeness (QED) is 0.235. The maximum atomic E-state index is 12.0. The van der Waals surface area contributed by atoms with E-state index in [1.165, 1.54) is 16.7 Å². The van der Waals surface area contributed by atoms with Crippen molar-refractivity contribution < 1.29 is 9.53 Å². The number of alkyl carbamates (subject to hydrolysis) is 1. The molecule has 0 aliphatic carbocycles. The number of amides is 1. The predicted octanol–water partition coefficient (Wildman–Crippen LogP) is 6.84.